The smallest absolute Gasteiger partial charge is 0.319 e. The first-order chi connectivity index (χ1) is 9.32. The van der Waals surface area contributed by atoms with Gasteiger partial charge >= 0.3 is 6.03 Å². The number of nitrogens with one attached hydrogen (secondary N) is 2. The molecule has 1 aromatic carbocycles. The second-order valence-electron chi connectivity index (χ2n) is 5.41. The molecule has 1 atom stereocenters. The zero-order valence-electron chi connectivity index (χ0n) is 12.1. The van der Waals surface area contributed by atoms with Crippen LogP contribution < -0.4 is 10.6 Å². The number of amides is 2. The second-order valence-corrected chi connectivity index (χ2v) is 7.61. The van der Waals surface area contributed by atoms with Crippen LogP contribution in [0.4, 0.5) is 10.5 Å². The van der Waals surface area contributed by atoms with Crippen molar-refractivity contribution in [3.05, 3.63) is 29.8 Å². The lowest BCUT2D eigenvalue weighted by Crippen LogP contribution is -2.31. The fourth-order valence-corrected chi connectivity index (χ4v) is 2.37. The fourth-order valence-electron chi connectivity index (χ4n) is 1.45. The Morgan fingerprint density at radius 3 is 2.65 bits per heavy atom. The van der Waals surface area contributed by atoms with Gasteiger partial charge in [-0.2, -0.15) is 0 Å². The summed E-state index contributed by atoms with van der Waals surface area (Å²) in [7, 11) is -0.975. The predicted octanol–water partition coefficient (Wildman–Crippen LogP) is 1.85. The van der Waals surface area contributed by atoms with Crippen molar-refractivity contribution in [2.45, 2.75) is 31.3 Å². The molecule has 2 amide bonds. The highest BCUT2D eigenvalue weighted by Crippen LogP contribution is 2.18. The van der Waals surface area contributed by atoms with Crippen LogP contribution in [-0.2, 0) is 16.6 Å². The minimum Gasteiger partial charge on any atom is -0.395 e. The Labute approximate surface area is 122 Å². The van der Waals surface area contributed by atoms with Gasteiger partial charge in [-0.15, -0.1) is 0 Å². The van der Waals surface area contributed by atoms with E-state index in [1.165, 1.54) is 0 Å². The molecule has 112 valence electrons. The van der Waals surface area contributed by atoms with Crippen LogP contribution >= 0.6 is 0 Å². The van der Waals surface area contributed by atoms with E-state index >= 15 is 0 Å². The number of hydrogen-bond donors (Lipinski definition) is 3. The summed E-state index contributed by atoms with van der Waals surface area (Å²) in [6.45, 7) is 5.92. The van der Waals surface area contributed by atoms with E-state index in [-0.39, 0.29) is 23.9 Å². The number of rotatable bonds is 5. The number of benzene rings is 1. The monoisotopic (exact) mass is 298 g/mol. The molecule has 1 aromatic rings. The van der Waals surface area contributed by atoms with Crippen molar-refractivity contribution in [3.63, 3.8) is 0 Å². The molecule has 20 heavy (non-hydrogen) atoms. The fraction of sp³-hybridized carbons (Fsp3) is 0.500. The van der Waals surface area contributed by atoms with Crippen molar-refractivity contribution in [1.82, 2.24) is 5.32 Å². The highest BCUT2D eigenvalue weighted by atomic mass is 32.2. The van der Waals surface area contributed by atoms with E-state index in [0.29, 0.717) is 11.4 Å². The number of hydrogen-bond acceptors (Lipinski definition) is 3. The summed E-state index contributed by atoms with van der Waals surface area (Å²) in [5, 5.41) is 13.8. The van der Waals surface area contributed by atoms with Gasteiger partial charge in [0.05, 0.1) is 6.61 Å². The van der Waals surface area contributed by atoms with Crippen LogP contribution in [0.15, 0.2) is 24.3 Å². The molecular formula is C14H22N2O3S. The van der Waals surface area contributed by atoms with Gasteiger partial charge in [0.15, 0.2) is 0 Å². The first-order valence-corrected chi connectivity index (χ1v) is 7.78. The van der Waals surface area contributed by atoms with E-state index in [4.69, 9.17) is 5.11 Å². The average molecular weight is 298 g/mol. The van der Waals surface area contributed by atoms with Crippen molar-refractivity contribution < 1.29 is 14.1 Å². The molecule has 1 unspecified atom stereocenters. The van der Waals surface area contributed by atoms with E-state index in [9.17, 15) is 9.00 Å². The van der Waals surface area contributed by atoms with E-state index in [2.05, 4.69) is 10.6 Å². The number of aliphatic hydroxyl groups excluding tert-OH is 1. The number of urea groups is 1. The van der Waals surface area contributed by atoms with Gasteiger partial charge in [0.1, 0.15) is 0 Å². The molecule has 5 nitrogen and oxygen atoms in total. The van der Waals surface area contributed by atoms with Crippen LogP contribution in [0, 0.1) is 0 Å². The van der Waals surface area contributed by atoms with Gasteiger partial charge in [-0.1, -0.05) is 12.1 Å². The van der Waals surface area contributed by atoms with E-state index in [0.717, 1.165) is 5.56 Å². The second kappa shape index (κ2) is 7.40. The molecule has 0 fully saturated rings. The SMILES string of the molecule is CC(C)(C)S(=O)Cc1cccc(NC(=O)NCCO)c1. The first kappa shape index (κ1) is 16.7. The molecule has 0 radical (unpaired) electrons. The molecule has 6 heteroatoms. The first-order valence-electron chi connectivity index (χ1n) is 6.46. The van der Waals surface area contributed by atoms with Gasteiger partial charge in [0, 0.05) is 33.5 Å². The lowest BCUT2D eigenvalue weighted by molar-refractivity contribution is 0.245. The molecule has 0 bridgehead atoms. The van der Waals surface area contributed by atoms with Crippen LogP contribution in [0.25, 0.3) is 0 Å². The predicted molar refractivity (Wildman–Crippen MR) is 82.1 cm³/mol. The summed E-state index contributed by atoms with van der Waals surface area (Å²) in [6.07, 6.45) is 0. The van der Waals surface area contributed by atoms with E-state index < -0.39 is 10.8 Å². The van der Waals surface area contributed by atoms with Crippen LogP contribution in [-0.4, -0.2) is 33.2 Å². The molecule has 1 rings (SSSR count). The van der Waals surface area contributed by atoms with Crippen molar-refractivity contribution in [2.24, 2.45) is 0 Å². The topological polar surface area (TPSA) is 78.4 Å². The average Bonchev–Trinajstić information content (AvgIpc) is 2.35. The Bertz CT molecular complexity index is 484. The molecular weight excluding hydrogens is 276 g/mol. The Balaban J connectivity index is 2.66. The molecule has 0 spiro atoms. The van der Waals surface area contributed by atoms with Crippen LogP contribution in [0.2, 0.25) is 0 Å². The summed E-state index contributed by atoms with van der Waals surface area (Å²) in [4.78, 5) is 11.5. The maximum absolute atomic E-state index is 12.1. The Morgan fingerprint density at radius 1 is 1.35 bits per heavy atom. The third-order valence-electron chi connectivity index (χ3n) is 2.56. The molecule has 0 saturated heterocycles. The third kappa shape index (κ3) is 5.71. The van der Waals surface area contributed by atoms with Gasteiger partial charge in [0.2, 0.25) is 0 Å². The van der Waals surface area contributed by atoms with E-state index in [1.807, 2.05) is 39.0 Å². The van der Waals surface area contributed by atoms with Gasteiger partial charge in [-0.05, 0) is 38.5 Å². The van der Waals surface area contributed by atoms with Crippen LogP contribution in [0.1, 0.15) is 26.3 Å². The van der Waals surface area contributed by atoms with Crippen molar-refractivity contribution in [1.29, 1.82) is 0 Å². The van der Waals surface area contributed by atoms with Crippen LogP contribution in [0.5, 0.6) is 0 Å². The zero-order valence-corrected chi connectivity index (χ0v) is 12.9. The summed E-state index contributed by atoms with van der Waals surface area (Å²) in [5.41, 5.74) is 1.56. The summed E-state index contributed by atoms with van der Waals surface area (Å²) in [5.74, 6) is 0.456. The molecule has 0 saturated carbocycles. The minimum atomic E-state index is -0.975. The quantitative estimate of drug-likeness (QED) is 0.776. The van der Waals surface area contributed by atoms with Crippen molar-refractivity contribution >= 4 is 22.5 Å². The number of aliphatic hydroxyl groups is 1. The van der Waals surface area contributed by atoms with Gasteiger partial charge in [0.25, 0.3) is 0 Å². The molecule has 0 aromatic heterocycles. The maximum atomic E-state index is 12.1. The molecule has 0 aliphatic rings. The minimum absolute atomic E-state index is 0.0992. The van der Waals surface area contributed by atoms with Gasteiger partial charge in [-0.25, -0.2) is 4.79 Å². The highest BCUT2D eigenvalue weighted by Gasteiger charge is 2.19. The number of carbonyl (C=O) groups is 1. The number of anilines is 1. The molecule has 0 heterocycles. The largest absolute Gasteiger partial charge is 0.395 e. The molecule has 3 N–H and O–H groups in total. The summed E-state index contributed by atoms with van der Waals surface area (Å²) < 4.78 is 11.8. The Morgan fingerprint density at radius 2 is 2.05 bits per heavy atom. The van der Waals surface area contributed by atoms with Crippen LogP contribution in [0.3, 0.4) is 0 Å². The number of carbonyl (C=O) groups excluding carboxylic acids is 1. The Hall–Kier alpha value is -1.40. The van der Waals surface area contributed by atoms with Crippen molar-refractivity contribution in [3.8, 4) is 0 Å². The lowest BCUT2D eigenvalue weighted by atomic mass is 10.2. The van der Waals surface area contributed by atoms with Crippen molar-refractivity contribution in [2.75, 3.05) is 18.5 Å². The summed E-state index contributed by atoms with van der Waals surface area (Å²) in [6, 6.07) is 6.91. The lowest BCUT2D eigenvalue weighted by Gasteiger charge is -2.18. The third-order valence-corrected chi connectivity index (χ3v) is 4.52. The van der Waals surface area contributed by atoms with Gasteiger partial charge < -0.3 is 15.7 Å². The normalized spacial score (nSPS) is 12.8. The summed E-state index contributed by atoms with van der Waals surface area (Å²) >= 11 is 0. The highest BCUT2D eigenvalue weighted by molar-refractivity contribution is 7.85. The van der Waals surface area contributed by atoms with E-state index in [1.54, 1.807) is 6.07 Å². The molecule has 0 aliphatic heterocycles. The zero-order chi connectivity index (χ0) is 15.2. The Kier molecular flexibility index (Phi) is 6.16. The van der Waals surface area contributed by atoms with Gasteiger partial charge in [-0.3, -0.25) is 4.21 Å². The maximum Gasteiger partial charge on any atom is 0.319 e. The molecule has 0 aliphatic carbocycles. The standard InChI is InChI=1S/C14H22N2O3S/c1-14(2,3)20(19)10-11-5-4-6-12(9-11)16-13(18)15-7-8-17/h4-6,9,17H,7-8,10H2,1-3H3,(H2,15,16,18).